The van der Waals surface area contributed by atoms with Crippen molar-refractivity contribution in [1.29, 1.82) is 0 Å². The van der Waals surface area contributed by atoms with E-state index in [4.69, 9.17) is 4.52 Å². The van der Waals surface area contributed by atoms with Gasteiger partial charge >= 0.3 is 0 Å². The third-order valence-corrected chi connectivity index (χ3v) is 2.16. The number of aryl methyl sites for hydroxylation is 1. The molecule has 0 aromatic carbocycles. The van der Waals surface area contributed by atoms with Crippen LogP contribution in [0.2, 0.25) is 0 Å². The van der Waals surface area contributed by atoms with Crippen molar-refractivity contribution in [3.8, 4) is 11.6 Å². The third-order valence-electron chi connectivity index (χ3n) is 2.16. The van der Waals surface area contributed by atoms with Gasteiger partial charge < -0.3 is 14.2 Å². The first-order valence-corrected chi connectivity index (χ1v) is 4.70. The van der Waals surface area contributed by atoms with E-state index < -0.39 is 6.10 Å². The van der Waals surface area contributed by atoms with Crippen LogP contribution in [0.4, 0.5) is 0 Å². The minimum atomic E-state index is -0.671. The number of aliphatic hydroxyl groups excluding tert-OH is 1. The monoisotopic (exact) mass is 208 g/mol. The molecular weight excluding hydrogens is 196 g/mol. The third kappa shape index (κ3) is 1.75. The van der Waals surface area contributed by atoms with Gasteiger partial charge in [0.1, 0.15) is 11.8 Å². The SMILES string of the molecule is CCC(O)c1noc(-c2cncn2C)n1. The lowest BCUT2D eigenvalue weighted by molar-refractivity contribution is 0.159. The molecule has 0 radical (unpaired) electrons. The fraction of sp³-hybridized carbons (Fsp3) is 0.444. The molecule has 6 heteroatoms. The Morgan fingerprint density at radius 1 is 1.60 bits per heavy atom. The van der Waals surface area contributed by atoms with E-state index in [-0.39, 0.29) is 0 Å². The highest BCUT2D eigenvalue weighted by Gasteiger charge is 2.16. The Labute approximate surface area is 86.6 Å². The van der Waals surface area contributed by atoms with Gasteiger partial charge in [0.15, 0.2) is 0 Å². The van der Waals surface area contributed by atoms with E-state index >= 15 is 0 Å². The van der Waals surface area contributed by atoms with Crippen molar-refractivity contribution < 1.29 is 9.63 Å². The summed E-state index contributed by atoms with van der Waals surface area (Å²) < 4.78 is 6.80. The molecule has 0 aliphatic rings. The molecule has 1 N–H and O–H groups in total. The van der Waals surface area contributed by atoms with Crippen LogP contribution in [-0.4, -0.2) is 24.8 Å². The number of hydrogen-bond donors (Lipinski definition) is 1. The zero-order valence-electron chi connectivity index (χ0n) is 8.58. The minimum absolute atomic E-state index is 0.314. The lowest BCUT2D eigenvalue weighted by atomic mass is 10.3. The van der Waals surface area contributed by atoms with E-state index in [2.05, 4.69) is 15.1 Å². The lowest BCUT2D eigenvalue weighted by Crippen LogP contribution is -1.97. The highest BCUT2D eigenvalue weighted by molar-refractivity contribution is 5.45. The molecule has 15 heavy (non-hydrogen) atoms. The van der Waals surface area contributed by atoms with Gasteiger partial charge in [-0.15, -0.1) is 0 Å². The van der Waals surface area contributed by atoms with Crippen molar-refractivity contribution in [2.24, 2.45) is 7.05 Å². The van der Waals surface area contributed by atoms with E-state index in [1.165, 1.54) is 0 Å². The Bertz CT molecular complexity index is 448. The average Bonchev–Trinajstić information content (AvgIpc) is 2.84. The summed E-state index contributed by atoms with van der Waals surface area (Å²) in [6.07, 6.45) is 3.17. The quantitative estimate of drug-likeness (QED) is 0.811. The van der Waals surface area contributed by atoms with Crippen LogP contribution in [0.3, 0.4) is 0 Å². The van der Waals surface area contributed by atoms with Crippen LogP contribution in [0.5, 0.6) is 0 Å². The lowest BCUT2D eigenvalue weighted by Gasteiger charge is -1.98. The zero-order chi connectivity index (χ0) is 10.8. The van der Waals surface area contributed by atoms with E-state index in [1.807, 2.05) is 14.0 Å². The smallest absolute Gasteiger partial charge is 0.276 e. The van der Waals surface area contributed by atoms with Gasteiger partial charge in [-0.25, -0.2) is 4.98 Å². The molecule has 0 aliphatic carbocycles. The van der Waals surface area contributed by atoms with Gasteiger partial charge in [-0.05, 0) is 6.42 Å². The van der Waals surface area contributed by atoms with Crippen LogP contribution in [0.1, 0.15) is 25.3 Å². The average molecular weight is 208 g/mol. The fourth-order valence-electron chi connectivity index (χ4n) is 1.22. The topological polar surface area (TPSA) is 77.0 Å². The summed E-state index contributed by atoms with van der Waals surface area (Å²) >= 11 is 0. The molecule has 0 fully saturated rings. The van der Waals surface area contributed by atoms with E-state index in [1.54, 1.807) is 17.1 Å². The molecule has 0 aliphatic heterocycles. The number of rotatable bonds is 3. The van der Waals surface area contributed by atoms with Crippen LogP contribution in [0.25, 0.3) is 11.6 Å². The Morgan fingerprint density at radius 3 is 3.00 bits per heavy atom. The molecule has 6 nitrogen and oxygen atoms in total. The summed E-state index contributed by atoms with van der Waals surface area (Å²) in [6, 6.07) is 0. The standard InChI is InChI=1S/C9H12N4O2/c1-3-7(14)8-11-9(15-12-8)6-4-10-5-13(6)2/h4-5,7,14H,3H2,1-2H3. The summed E-state index contributed by atoms with van der Waals surface area (Å²) in [5, 5.41) is 13.2. The van der Waals surface area contributed by atoms with Gasteiger partial charge in [0, 0.05) is 7.05 Å². The molecule has 0 spiro atoms. The van der Waals surface area contributed by atoms with Crippen molar-refractivity contribution >= 4 is 0 Å². The summed E-state index contributed by atoms with van der Waals surface area (Å²) in [6.45, 7) is 1.85. The molecule has 2 rings (SSSR count). The van der Waals surface area contributed by atoms with Crippen molar-refractivity contribution in [3.05, 3.63) is 18.3 Å². The van der Waals surface area contributed by atoms with Crippen LogP contribution in [0, 0.1) is 0 Å². The first-order chi connectivity index (χ1) is 7.22. The number of hydrogen-bond acceptors (Lipinski definition) is 5. The largest absolute Gasteiger partial charge is 0.385 e. The molecule has 80 valence electrons. The number of imidazole rings is 1. The number of aromatic nitrogens is 4. The Balaban J connectivity index is 2.32. The molecule has 0 amide bonds. The predicted octanol–water partition coefficient (Wildman–Crippen LogP) is 0.913. The first-order valence-electron chi connectivity index (χ1n) is 4.70. The fourth-order valence-corrected chi connectivity index (χ4v) is 1.22. The molecule has 0 saturated carbocycles. The second-order valence-corrected chi connectivity index (χ2v) is 3.27. The minimum Gasteiger partial charge on any atom is -0.385 e. The van der Waals surface area contributed by atoms with Gasteiger partial charge in [-0.3, -0.25) is 0 Å². The van der Waals surface area contributed by atoms with E-state index in [0.717, 1.165) is 5.69 Å². The van der Waals surface area contributed by atoms with Gasteiger partial charge in [-0.2, -0.15) is 4.98 Å². The van der Waals surface area contributed by atoms with Gasteiger partial charge in [-0.1, -0.05) is 12.1 Å². The first kappa shape index (κ1) is 9.85. The molecule has 0 bridgehead atoms. The molecule has 2 aromatic rings. The molecular formula is C9H12N4O2. The Morgan fingerprint density at radius 2 is 2.40 bits per heavy atom. The van der Waals surface area contributed by atoms with Gasteiger partial charge in [0.2, 0.25) is 5.82 Å². The highest BCUT2D eigenvalue weighted by Crippen LogP contribution is 2.19. The Hall–Kier alpha value is -1.69. The maximum Gasteiger partial charge on any atom is 0.276 e. The normalized spacial score (nSPS) is 13.0. The van der Waals surface area contributed by atoms with Crippen molar-refractivity contribution in [1.82, 2.24) is 19.7 Å². The second kappa shape index (κ2) is 3.82. The van der Waals surface area contributed by atoms with Crippen LogP contribution >= 0.6 is 0 Å². The van der Waals surface area contributed by atoms with Crippen LogP contribution in [-0.2, 0) is 7.05 Å². The van der Waals surface area contributed by atoms with Crippen LogP contribution in [0.15, 0.2) is 17.0 Å². The number of aliphatic hydroxyl groups is 1. The second-order valence-electron chi connectivity index (χ2n) is 3.27. The van der Waals surface area contributed by atoms with E-state index in [9.17, 15) is 5.11 Å². The highest BCUT2D eigenvalue weighted by atomic mass is 16.5. The van der Waals surface area contributed by atoms with Crippen molar-refractivity contribution in [3.63, 3.8) is 0 Å². The maximum absolute atomic E-state index is 9.50. The van der Waals surface area contributed by atoms with Crippen molar-refractivity contribution in [2.45, 2.75) is 19.4 Å². The summed E-state index contributed by atoms with van der Waals surface area (Å²) in [5.41, 5.74) is 0.733. The van der Waals surface area contributed by atoms with Gasteiger partial charge in [0.25, 0.3) is 5.89 Å². The molecule has 0 saturated heterocycles. The summed E-state index contributed by atoms with van der Waals surface area (Å²) in [5.74, 6) is 0.686. The van der Waals surface area contributed by atoms with Crippen LogP contribution < -0.4 is 0 Å². The molecule has 2 heterocycles. The van der Waals surface area contributed by atoms with E-state index in [0.29, 0.717) is 18.1 Å². The van der Waals surface area contributed by atoms with Gasteiger partial charge in [0.05, 0.1) is 12.5 Å². The summed E-state index contributed by atoms with van der Waals surface area (Å²) in [7, 11) is 1.84. The maximum atomic E-state index is 9.50. The molecule has 1 atom stereocenters. The zero-order valence-corrected chi connectivity index (χ0v) is 8.58. The number of nitrogens with zero attached hydrogens (tertiary/aromatic N) is 4. The van der Waals surface area contributed by atoms with Crippen molar-refractivity contribution in [2.75, 3.05) is 0 Å². The Kier molecular flexibility index (Phi) is 2.51. The molecule has 1 unspecified atom stereocenters. The predicted molar refractivity (Wildman–Crippen MR) is 51.8 cm³/mol. The summed E-state index contributed by atoms with van der Waals surface area (Å²) in [4.78, 5) is 8.04. The molecule has 2 aromatic heterocycles.